The highest BCUT2D eigenvalue weighted by molar-refractivity contribution is 6.14. The highest BCUT2D eigenvalue weighted by atomic mass is 16.5. The second-order valence-electron chi connectivity index (χ2n) is 9.83. The van der Waals surface area contributed by atoms with Gasteiger partial charge in [0.15, 0.2) is 5.75 Å². The number of anilines is 2. The zero-order valence-corrected chi connectivity index (χ0v) is 19.4. The van der Waals surface area contributed by atoms with Crippen LogP contribution in [0.5, 0.6) is 11.8 Å². The Labute approximate surface area is 197 Å². The van der Waals surface area contributed by atoms with Gasteiger partial charge in [0.05, 0.1) is 29.0 Å². The normalized spacial score (nSPS) is 23.5. The zero-order chi connectivity index (χ0) is 22.8. The summed E-state index contributed by atoms with van der Waals surface area (Å²) in [5.74, 6) is 4.45. The maximum atomic E-state index is 6.00. The summed E-state index contributed by atoms with van der Waals surface area (Å²) in [7, 11) is 1.93. The van der Waals surface area contributed by atoms with Crippen LogP contribution >= 0.6 is 0 Å². The van der Waals surface area contributed by atoms with E-state index < -0.39 is 0 Å². The summed E-state index contributed by atoms with van der Waals surface area (Å²) in [6.45, 7) is 5.04. The van der Waals surface area contributed by atoms with Gasteiger partial charge in [-0.05, 0) is 50.1 Å². The number of aryl methyl sites for hydroxylation is 1. The smallest absolute Gasteiger partial charge is 0.326 e. The molecule has 2 aliphatic carbocycles. The number of hydrogen-bond acceptors (Lipinski definition) is 8. The van der Waals surface area contributed by atoms with Crippen LogP contribution in [0, 0.1) is 24.7 Å². The first-order valence-corrected chi connectivity index (χ1v) is 12.1. The standard InChI is InChI=1S/C25H28N8O/c1-13-27-9-15(10-28-13)34-25-31-23-20(16-4-3-5-19(26-2)22(16)30-23)24(32-25)33-11-17-18(12-33)21(17)29-8-14-6-7-14/h3-5,9-10,14,17-18,21,26,29H,6-8,11-12H2,1-2H3,(H,30,31,32). The zero-order valence-electron chi connectivity index (χ0n) is 19.4. The van der Waals surface area contributed by atoms with E-state index in [1.807, 2.05) is 14.0 Å². The molecule has 1 aliphatic heterocycles. The van der Waals surface area contributed by atoms with Crippen molar-refractivity contribution in [1.82, 2.24) is 30.2 Å². The second kappa shape index (κ2) is 7.53. The third-order valence-electron chi connectivity index (χ3n) is 7.52. The van der Waals surface area contributed by atoms with Crippen molar-refractivity contribution in [2.45, 2.75) is 25.8 Å². The molecule has 1 saturated heterocycles. The van der Waals surface area contributed by atoms with Crippen LogP contribution < -0.4 is 20.3 Å². The van der Waals surface area contributed by atoms with E-state index >= 15 is 0 Å². The molecular weight excluding hydrogens is 428 g/mol. The first kappa shape index (κ1) is 20.0. The molecule has 3 fully saturated rings. The summed E-state index contributed by atoms with van der Waals surface area (Å²) < 4.78 is 6.00. The van der Waals surface area contributed by atoms with E-state index in [0.717, 1.165) is 52.4 Å². The molecule has 2 unspecified atom stereocenters. The van der Waals surface area contributed by atoms with Crippen LogP contribution in [0.1, 0.15) is 18.7 Å². The third-order valence-corrected chi connectivity index (χ3v) is 7.52. The van der Waals surface area contributed by atoms with E-state index in [-0.39, 0.29) is 0 Å². The highest BCUT2D eigenvalue weighted by Gasteiger charge is 2.56. The maximum absolute atomic E-state index is 6.00. The van der Waals surface area contributed by atoms with Crippen molar-refractivity contribution >= 4 is 33.4 Å². The third kappa shape index (κ3) is 3.34. The Kier molecular flexibility index (Phi) is 4.42. The van der Waals surface area contributed by atoms with Crippen molar-refractivity contribution in [3.05, 3.63) is 36.4 Å². The van der Waals surface area contributed by atoms with Gasteiger partial charge < -0.3 is 25.3 Å². The van der Waals surface area contributed by atoms with Crippen LogP contribution in [0.4, 0.5) is 11.5 Å². The maximum Gasteiger partial charge on any atom is 0.326 e. The molecule has 4 aromatic rings. The number of benzene rings is 1. The number of nitrogens with one attached hydrogen (secondary N) is 3. The SMILES string of the molecule is CNc1cccc2c1[nH]c1nc(Oc3cnc(C)nc3)nc(N3CC4C(C3)C4NCC3CC3)c12. The van der Waals surface area contributed by atoms with Crippen molar-refractivity contribution in [3.8, 4) is 11.8 Å². The number of para-hydroxylation sites is 1. The van der Waals surface area contributed by atoms with Crippen LogP contribution in [-0.4, -0.2) is 57.6 Å². The van der Waals surface area contributed by atoms with Gasteiger partial charge in [0.1, 0.15) is 17.3 Å². The van der Waals surface area contributed by atoms with Gasteiger partial charge in [-0.2, -0.15) is 9.97 Å². The summed E-state index contributed by atoms with van der Waals surface area (Å²) >= 11 is 0. The highest BCUT2D eigenvalue weighted by Crippen LogP contribution is 2.48. The number of rotatable bonds is 7. The minimum Gasteiger partial charge on any atom is -0.421 e. The fraction of sp³-hybridized carbons (Fsp3) is 0.440. The molecule has 3 aromatic heterocycles. The number of piperidine rings is 1. The van der Waals surface area contributed by atoms with Gasteiger partial charge in [0.25, 0.3) is 0 Å². The van der Waals surface area contributed by atoms with Gasteiger partial charge in [-0.15, -0.1) is 0 Å². The summed E-state index contributed by atoms with van der Waals surface area (Å²) in [4.78, 5) is 24.0. The van der Waals surface area contributed by atoms with Crippen molar-refractivity contribution in [1.29, 1.82) is 0 Å². The van der Waals surface area contributed by atoms with Crippen molar-refractivity contribution in [2.75, 3.05) is 36.9 Å². The fourth-order valence-electron chi connectivity index (χ4n) is 5.43. The van der Waals surface area contributed by atoms with Crippen LogP contribution in [-0.2, 0) is 0 Å². The molecule has 2 atom stereocenters. The van der Waals surface area contributed by atoms with Gasteiger partial charge in [-0.3, -0.25) is 0 Å². The molecule has 9 heteroatoms. The van der Waals surface area contributed by atoms with Crippen LogP contribution in [0.25, 0.3) is 21.9 Å². The minimum absolute atomic E-state index is 0.302. The van der Waals surface area contributed by atoms with Gasteiger partial charge >= 0.3 is 6.01 Å². The number of H-pyrrole nitrogens is 1. The van der Waals surface area contributed by atoms with Crippen LogP contribution in [0.15, 0.2) is 30.6 Å². The van der Waals surface area contributed by atoms with E-state index in [2.05, 4.69) is 48.7 Å². The predicted molar refractivity (Wildman–Crippen MR) is 131 cm³/mol. The Bertz CT molecular complexity index is 1370. The van der Waals surface area contributed by atoms with E-state index in [1.54, 1.807) is 12.4 Å². The van der Waals surface area contributed by atoms with E-state index in [4.69, 9.17) is 14.7 Å². The van der Waals surface area contributed by atoms with Crippen molar-refractivity contribution < 1.29 is 4.74 Å². The lowest BCUT2D eigenvalue weighted by Gasteiger charge is -2.22. The summed E-state index contributed by atoms with van der Waals surface area (Å²) in [5, 5.41) is 9.25. The lowest BCUT2D eigenvalue weighted by atomic mass is 10.1. The average molecular weight is 457 g/mol. The molecule has 7 rings (SSSR count). The molecular formula is C25H28N8O. The molecule has 174 valence electrons. The van der Waals surface area contributed by atoms with Gasteiger partial charge in [0, 0.05) is 31.6 Å². The Hall–Kier alpha value is -3.46. The fourth-order valence-corrected chi connectivity index (χ4v) is 5.43. The molecule has 3 aliphatic rings. The van der Waals surface area contributed by atoms with Crippen LogP contribution in [0.2, 0.25) is 0 Å². The van der Waals surface area contributed by atoms with E-state index in [0.29, 0.717) is 35.5 Å². The van der Waals surface area contributed by atoms with E-state index in [1.165, 1.54) is 19.4 Å². The molecule has 0 amide bonds. The predicted octanol–water partition coefficient (Wildman–Crippen LogP) is 3.48. The summed E-state index contributed by atoms with van der Waals surface area (Å²) in [5.41, 5.74) is 2.83. The topological polar surface area (TPSA) is 104 Å². The number of nitrogens with zero attached hydrogens (tertiary/aromatic N) is 5. The first-order valence-electron chi connectivity index (χ1n) is 12.1. The molecule has 3 N–H and O–H groups in total. The minimum atomic E-state index is 0.302. The number of aromatic nitrogens is 5. The molecule has 0 radical (unpaired) electrons. The van der Waals surface area contributed by atoms with Crippen molar-refractivity contribution in [2.24, 2.45) is 17.8 Å². The van der Waals surface area contributed by atoms with Gasteiger partial charge in [0.2, 0.25) is 0 Å². The monoisotopic (exact) mass is 456 g/mol. The molecule has 0 spiro atoms. The number of ether oxygens (including phenoxy) is 1. The molecule has 2 saturated carbocycles. The van der Waals surface area contributed by atoms with Gasteiger partial charge in [-0.1, -0.05) is 12.1 Å². The number of hydrogen-bond donors (Lipinski definition) is 3. The molecule has 4 heterocycles. The molecule has 0 bridgehead atoms. The lowest BCUT2D eigenvalue weighted by molar-refractivity contribution is 0.439. The van der Waals surface area contributed by atoms with Crippen LogP contribution in [0.3, 0.4) is 0 Å². The Morgan fingerprint density at radius 2 is 1.91 bits per heavy atom. The Balaban J connectivity index is 1.26. The molecule has 34 heavy (non-hydrogen) atoms. The molecule has 9 nitrogen and oxygen atoms in total. The van der Waals surface area contributed by atoms with Crippen molar-refractivity contribution in [3.63, 3.8) is 0 Å². The number of fused-ring (bicyclic) bond motifs is 4. The Morgan fingerprint density at radius 3 is 2.65 bits per heavy atom. The summed E-state index contributed by atoms with van der Waals surface area (Å²) in [6, 6.07) is 7.23. The van der Waals surface area contributed by atoms with Gasteiger partial charge in [-0.25, -0.2) is 9.97 Å². The Morgan fingerprint density at radius 1 is 1.12 bits per heavy atom. The first-order chi connectivity index (χ1) is 16.7. The van der Waals surface area contributed by atoms with E-state index in [9.17, 15) is 0 Å². The average Bonchev–Trinajstić information content (AvgIpc) is 3.70. The summed E-state index contributed by atoms with van der Waals surface area (Å²) in [6.07, 6.45) is 6.09. The largest absolute Gasteiger partial charge is 0.421 e. The lowest BCUT2D eigenvalue weighted by Crippen LogP contribution is -2.32. The second-order valence-corrected chi connectivity index (χ2v) is 9.83. The molecule has 1 aromatic carbocycles. The number of aromatic amines is 1. The quantitative estimate of drug-likeness (QED) is 0.388.